The van der Waals surface area contributed by atoms with Gasteiger partial charge in [0.25, 0.3) is 0 Å². The van der Waals surface area contributed by atoms with E-state index >= 15 is 0 Å². The molecule has 0 nitrogen and oxygen atoms in total. The summed E-state index contributed by atoms with van der Waals surface area (Å²) < 4.78 is 6.98. The molecule has 0 amide bonds. The van der Waals surface area contributed by atoms with E-state index in [1.165, 1.54) is 360 Å². The molecule has 0 heterocycles. The van der Waals surface area contributed by atoms with Gasteiger partial charge in [-0.2, -0.15) is 0 Å². The molecule has 0 aromatic rings. The molecule has 0 N–H and O–H groups in total. The molecule has 0 spiro atoms. The second-order valence-corrected chi connectivity index (χ2v) is 33.5. The molecule has 0 rings (SSSR count). The van der Waals surface area contributed by atoms with Crippen molar-refractivity contribution in [2.24, 2.45) is 0 Å². The van der Waals surface area contributed by atoms with Crippen molar-refractivity contribution in [1.29, 1.82) is 0 Å². The van der Waals surface area contributed by atoms with Crippen LogP contribution in [-0.2, 0) is 16.6 Å². The Balaban J connectivity index is 4.96. The molecule has 0 aliphatic carbocycles. The van der Waals surface area contributed by atoms with Gasteiger partial charge < -0.3 is 0 Å². The second-order valence-electron chi connectivity index (χ2n) is 25.7. The third kappa shape index (κ3) is 61.8. The SMILES string of the molecule is CCCCCCCCCCCCCCCCC[CH2][Ti]([CH2]CCCCCCCCCCCCCCCCC)([CH2]CCCCCCCCCCCCCCCCC)[CH2]CCCCCCCCCCCCCCCCC. The van der Waals surface area contributed by atoms with Crippen molar-refractivity contribution in [2.75, 3.05) is 0 Å². The minimum absolute atomic E-state index is 1.38. The maximum absolute atomic E-state index is 2.34. The monoisotopic (exact) mass is 1060 g/mol. The van der Waals surface area contributed by atoms with Crippen molar-refractivity contribution in [1.82, 2.24) is 0 Å². The van der Waals surface area contributed by atoms with Gasteiger partial charge in [-0.3, -0.25) is 0 Å². The molecule has 1 heteroatoms. The average molecular weight is 1060 g/mol. The summed E-state index contributed by atoms with van der Waals surface area (Å²) >= 11 is -1.88. The molecule has 0 bridgehead atoms. The van der Waals surface area contributed by atoms with Crippen LogP contribution in [0.3, 0.4) is 0 Å². The topological polar surface area (TPSA) is 0 Å². The van der Waals surface area contributed by atoms with Crippen molar-refractivity contribution in [3.63, 3.8) is 0 Å². The quantitative estimate of drug-likeness (QED) is 0.0421. The van der Waals surface area contributed by atoms with E-state index in [2.05, 4.69) is 27.7 Å². The van der Waals surface area contributed by atoms with Crippen LogP contribution in [0.4, 0.5) is 0 Å². The predicted octanol–water partition coefficient (Wildman–Crippen LogP) is 28.9. The van der Waals surface area contributed by atoms with Crippen LogP contribution in [-0.4, -0.2) is 0 Å². The first-order chi connectivity index (χ1) is 36.2. The number of unbranched alkanes of at least 4 members (excludes halogenated alkanes) is 60. The predicted molar refractivity (Wildman–Crippen MR) is 337 cm³/mol. The molecular weight excluding hydrogens is 913 g/mol. The van der Waals surface area contributed by atoms with E-state index in [1.54, 1.807) is 70.3 Å². The molecule has 0 saturated heterocycles. The molecule has 0 aromatic heterocycles. The third-order valence-corrected chi connectivity index (χ3v) is 27.1. The van der Waals surface area contributed by atoms with Crippen LogP contribution in [0.15, 0.2) is 0 Å². The maximum atomic E-state index is 2.34. The first kappa shape index (κ1) is 73.7. The summed E-state index contributed by atoms with van der Waals surface area (Å²) in [4.78, 5) is 0. The summed E-state index contributed by atoms with van der Waals surface area (Å²) in [5.74, 6) is 0. The summed E-state index contributed by atoms with van der Waals surface area (Å²) in [5, 5.41) is 0. The molecule has 0 aliphatic heterocycles. The zero-order chi connectivity index (χ0) is 52.6. The van der Waals surface area contributed by atoms with E-state index in [0.29, 0.717) is 0 Å². The molecule has 0 saturated carbocycles. The Hall–Kier alpha value is 0.714. The minimum Gasteiger partial charge on any atom is -0.0654 e. The van der Waals surface area contributed by atoms with Crippen molar-refractivity contribution in [2.45, 2.75) is 458 Å². The van der Waals surface area contributed by atoms with Crippen molar-refractivity contribution in [3.8, 4) is 0 Å². The average Bonchev–Trinajstić information content (AvgIpc) is 3.40. The molecule has 0 radical (unpaired) electrons. The van der Waals surface area contributed by atoms with Gasteiger partial charge in [-0.1, -0.05) is 156 Å². The summed E-state index contributed by atoms with van der Waals surface area (Å²) in [6.07, 6.45) is 96.1. The van der Waals surface area contributed by atoms with Gasteiger partial charge in [-0.25, -0.2) is 0 Å². The van der Waals surface area contributed by atoms with E-state index in [9.17, 15) is 0 Å². The molecule has 0 aromatic carbocycles. The molecule has 0 unspecified atom stereocenters. The van der Waals surface area contributed by atoms with Crippen LogP contribution < -0.4 is 0 Å². The van der Waals surface area contributed by atoms with E-state index in [1.807, 2.05) is 0 Å². The van der Waals surface area contributed by atoms with Crippen molar-refractivity contribution < 1.29 is 16.6 Å². The Kier molecular flexibility index (Phi) is 67.6. The van der Waals surface area contributed by atoms with E-state index < -0.39 is 16.6 Å². The van der Waals surface area contributed by atoms with Gasteiger partial charge in [0, 0.05) is 0 Å². The zero-order valence-corrected chi connectivity index (χ0v) is 54.1. The van der Waals surface area contributed by atoms with Crippen molar-refractivity contribution >= 4 is 0 Å². The standard InChI is InChI=1S/4C18H37.Ti/c4*1-3-5-7-9-11-13-15-17-18-16-14-12-10-8-6-4-2;/h4*1,3-18H2,2H3;. The Morgan fingerprint density at radius 2 is 0.192 bits per heavy atom. The molecule has 73 heavy (non-hydrogen) atoms. The Morgan fingerprint density at radius 3 is 0.288 bits per heavy atom. The normalized spacial score (nSPS) is 12.0. The summed E-state index contributed by atoms with van der Waals surface area (Å²) in [6.45, 7) is 9.34. The van der Waals surface area contributed by atoms with Gasteiger partial charge in [-0.15, -0.1) is 0 Å². The van der Waals surface area contributed by atoms with Gasteiger partial charge in [0.05, 0.1) is 0 Å². The van der Waals surface area contributed by atoms with Crippen molar-refractivity contribution in [3.05, 3.63) is 0 Å². The fraction of sp³-hybridized carbons (Fsp3) is 1.00. The van der Waals surface area contributed by atoms with Gasteiger partial charge in [-0.05, 0) is 0 Å². The summed E-state index contributed by atoms with van der Waals surface area (Å²) in [6, 6.07) is 0. The third-order valence-electron chi connectivity index (χ3n) is 18.2. The van der Waals surface area contributed by atoms with E-state index in [0.717, 1.165) is 0 Å². The van der Waals surface area contributed by atoms with Crippen LogP contribution >= 0.6 is 0 Å². The van der Waals surface area contributed by atoms with Crippen LogP contribution in [0.5, 0.6) is 0 Å². The fourth-order valence-corrected chi connectivity index (χ4v) is 21.5. The Labute approximate surface area is 471 Å². The van der Waals surface area contributed by atoms with Gasteiger partial charge >= 0.3 is 318 Å². The smallest absolute Gasteiger partial charge is 0.0654 e. The Bertz CT molecular complexity index is 775. The number of rotatable bonds is 68. The zero-order valence-electron chi connectivity index (χ0n) is 52.6. The number of hydrogen-bond acceptors (Lipinski definition) is 0. The first-order valence-electron chi connectivity index (χ1n) is 36.2. The molecule has 0 fully saturated rings. The van der Waals surface area contributed by atoms with Crippen LogP contribution in [0, 0.1) is 0 Å². The van der Waals surface area contributed by atoms with Crippen LogP contribution in [0.1, 0.15) is 439 Å². The first-order valence-corrected chi connectivity index (χ1v) is 40.7. The van der Waals surface area contributed by atoms with E-state index in [-0.39, 0.29) is 0 Å². The molecule has 0 aliphatic rings. The minimum atomic E-state index is -1.88. The Morgan fingerprint density at radius 1 is 0.110 bits per heavy atom. The van der Waals surface area contributed by atoms with Gasteiger partial charge in [0.1, 0.15) is 0 Å². The molecule has 0 atom stereocenters. The van der Waals surface area contributed by atoms with Crippen LogP contribution in [0.25, 0.3) is 0 Å². The van der Waals surface area contributed by atoms with E-state index in [4.69, 9.17) is 0 Å². The van der Waals surface area contributed by atoms with Gasteiger partial charge in [0.2, 0.25) is 0 Å². The molecular formula is C72H148Ti. The van der Waals surface area contributed by atoms with Crippen LogP contribution in [0.2, 0.25) is 18.9 Å². The summed E-state index contributed by atoms with van der Waals surface area (Å²) in [7, 11) is 0. The molecule has 440 valence electrons. The summed E-state index contributed by atoms with van der Waals surface area (Å²) in [5.41, 5.74) is 0. The van der Waals surface area contributed by atoms with Gasteiger partial charge in [0.15, 0.2) is 0 Å². The second kappa shape index (κ2) is 67.0. The fourth-order valence-electron chi connectivity index (χ4n) is 12.9. The number of hydrogen-bond donors (Lipinski definition) is 0.